The van der Waals surface area contributed by atoms with Crippen LogP contribution in [0.15, 0.2) is 36.7 Å². The van der Waals surface area contributed by atoms with Gasteiger partial charge in [0.2, 0.25) is 0 Å². The van der Waals surface area contributed by atoms with E-state index in [0.29, 0.717) is 52.8 Å². The summed E-state index contributed by atoms with van der Waals surface area (Å²) in [4.78, 5) is 28.0. The number of alkyl halides is 1. The van der Waals surface area contributed by atoms with E-state index in [1.165, 1.54) is 22.4 Å². The van der Waals surface area contributed by atoms with Crippen molar-refractivity contribution in [3.63, 3.8) is 0 Å². The first-order valence-electron chi connectivity index (χ1n) is 17.9. The average Bonchev–Trinajstić information content (AvgIpc) is 3.98. The number of fused-ring (bicyclic) bond motifs is 5. The Labute approximate surface area is 289 Å². The molecular formula is C38H40F2N6O4. The van der Waals surface area contributed by atoms with Crippen molar-refractivity contribution < 1.29 is 28.2 Å². The zero-order chi connectivity index (χ0) is 34.3. The van der Waals surface area contributed by atoms with Gasteiger partial charge in [0.05, 0.1) is 41.1 Å². The van der Waals surface area contributed by atoms with Gasteiger partial charge in [0.15, 0.2) is 11.6 Å². The number of phenols is 1. The fourth-order valence-electron chi connectivity index (χ4n) is 9.15. The maximum absolute atomic E-state index is 14.7. The smallest absolute Gasteiger partial charge is 0.319 e. The van der Waals surface area contributed by atoms with Crippen LogP contribution in [0.3, 0.4) is 0 Å². The summed E-state index contributed by atoms with van der Waals surface area (Å²) in [5, 5.41) is 22.1. The normalized spacial score (nSPS) is 28.3. The molecule has 9 rings (SSSR count). The summed E-state index contributed by atoms with van der Waals surface area (Å²) in [7, 11) is 0. The van der Waals surface area contributed by atoms with Crippen LogP contribution >= 0.6 is 0 Å². The number of aromatic hydroxyl groups is 1. The van der Waals surface area contributed by atoms with E-state index in [1.54, 1.807) is 6.07 Å². The minimum absolute atomic E-state index is 0.0130. The summed E-state index contributed by atoms with van der Waals surface area (Å²) < 4.78 is 41.8. The third-order valence-corrected chi connectivity index (χ3v) is 11.8. The number of nitriles is 1. The molecular weight excluding hydrogens is 642 g/mol. The number of carbonyl (C=O) groups is 1. The molecule has 0 unspecified atom stereocenters. The zero-order valence-electron chi connectivity index (χ0n) is 27.9. The van der Waals surface area contributed by atoms with Gasteiger partial charge in [-0.3, -0.25) is 9.69 Å². The summed E-state index contributed by atoms with van der Waals surface area (Å²) in [6.45, 7) is 5.25. The SMILES string of the molecule is C=C(F)C(=O)N1CCN(c2nc(OC[C@@]34CCCN3C[C@H](F)C4)nc3c(OC4CC4)c(-c4cccc5c4C[C@H]4C[C@@H]54)c(O)cc23)C[C@@H]1CC#N. The van der Waals surface area contributed by atoms with Gasteiger partial charge in [0.1, 0.15) is 29.9 Å². The van der Waals surface area contributed by atoms with E-state index in [1.807, 2.05) is 17.0 Å². The predicted octanol–water partition coefficient (Wildman–Crippen LogP) is 5.57. The molecule has 3 aliphatic heterocycles. The Balaban J connectivity index is 1.18. The Kier molecular flexibility index (Phi) is 7.42. The largest absolute Gasteiger partial charge is 0.507 e. The van der Waals surface area contributed by atoms with Crippen molar-refractivity contribution in [3.8, 4) is 34.7 Å². The van der Waals surface area contributed by atoms with Gasteiger partial charge in [-0.05, 0) is 79.7 Å². The van der Waals surface area contributed by atoms with Gasteiger partial charge in [-0.1, -0.05) is 24.8 Å². The molecule has 0 spiro atoms. The maximum atomic E-state index is 14.7. The van der Waals surface area contributed by atoms with E-state index in [4.69, 9.17) is 19.4 Å². The maximum Gasteiger partial charge on any atom is 0.319 e. The second kappa shape index (κ2) is 11.8. The van der Waals surface area contributed by atoms with Crippen molar-refractivity contribution in [1.29, 1.82) is 5.26 Å². The van der Waals surface area contributed by atoms with Gasteiger partial charge >= 0.3 is 6.01 Å². The summed E-state index contributed by atoms with van der Waals surface area (Å²) in [6, 6.07) is 9.59. The fourth-order valence-corrected chi connectivity index (χ4v) is 9.15. The third-order valence-electron chi connectivity index (χ3n) is 11.8. The topological polar surface area (TPSA) is 115 Å². The van der Waals surface area contributed by atoms with Crippen molar-refractivity contribution in [2.45, 2.75) is 81.1 Å². The number of carbonyl (C=O) groups excluding carboxylic acids is 1. The number of anilines is 1. The van der Waals surface area contributed by atoms with Crippen LogP contribution in [0, 0.1) is 17.2 Å². The molecule has 5 fully saturated rings. The van der Waals surface area contributed by atoms with Crippen molar-refractivity contribution in [1.82, 2.24) is 19.8 Å². The highest BCUT2D eigenvalue weighted by Crippen LogP contribution is 2.59. The lowest BCUT2D eigenvalue weighted by atomic mass is 9.92. The molecule has 3 saturated heterocycles. The Morgan fingerprint density at radius 1 is 1.20 bits per heavy atom. The molecule has 260 valence electrons. The van der Waals surface area contributed by atoms with Crippen LogP contribution in [0.2, 0.25) is 0 Å². The summed E-state index contributed by atoms with van der Waals surface area (Å²) in [5.74, 6) is 0.299. The number of ether oxygens (including phenoxy) is 2. The van der Waals surface area contributed by atoms with Gasteiger partial charge in [0.25, 0.3) is 5.91 Å². The van der Waals surface area contributed by atoms with Crippen LogP contribution < -0.4 is 14.4 Å². The number of phenolic OH excluding ortho intramolecular Hbond substituents is 1. The molecule has 3 aromatic rings. The number of amides is 1. The van der Waals surface area contributed by atoms with Gasteiger partial charge in [-0.25, -0.2) is 8.78 Å². The van der Waals surface area contributed by atoms with Gasteiger partial charge in [0, 0.05) is 32.6 Å². The second-order valence-corrected chi connectivity index (χ2v) is 15.1. The molecule has 0 bridgehead atoms. The molecule has 12 heteroatoms. The number of hydrogen-bond acceptors (Lipinski definition) is 9. The van der Waals surface area contributed by atoms with Crippen molar-refractivity contribution in [2.24, 2.45) is 5.92 Å². The number of nitrogens with zero attached hydrogens (tertiary/aromatic N) is 6. The highest BCUT2D eigenvalue weighted by Gasteiger charge is 2.50. The van der Waals surface area contributed by atoms with Crippen LogP contribution in [0.4, 0.5) is 14.6 Å². The fraction of sp³-hybridized carbons (Fsp3) is 0.526. The van der Waals surface area contributed by atoms with E-state index in [0.717, 1.165) is 44.2 Å². The molecule has 50 heavy (non-hydrogen) atoms. The van der Waals surface area contributed by atoms with E-state index in [9.17, 15) is 23.9 Å². The van der Waals surface area contributed by atoms with Gasteiger partial charge < -0.3 is 24.4 Å². The molecule has 1 amide bonds. The van der Waals surface area contributed by atoms with E-state index in [2.05, 4.69) is 23.6 Å². The molecule has 4 heterocycles. The Hall–Kier alpha value is -4.50. The average molecular weight is 683 g/mol. The summed E-state index contributed by atoms with van der Waals surface area (Å²) >= 11 is 0. The Bertz CT molecular complexity index is 1960. The zero-order valence-corrected chi connectivity index (χ0v) is 27.9. The van der Waals surface area contributed by atoms with Crippen LogP contribution in [0.1, 0.15) is 62.0 Å². The van der Waals surface area contributed by atoms with Crippen molar-refractivity contribution >= 4 is 22.6 Å². The van der Waals surface area contributed by atoms with E-state index >= 15 is 0 Å². The molecule has 3 aliphatic carbocycles. The number of rotatable bonds is 9. The van der Waals surface area contributed by atoms with Crippen molar-refractivity contribution in [3.05, 3.63) is 47.8 Å². The standard InChI is InChI=1S/C38H40F2N6O4/c1-21(39)36(48)46-13-12-44(19-24(46)8-10-41)35-30-16-31(47)32(27-5-2-4-26-28-14-22(28)15-29(26)27)34(50-25-6-7-25)33(30)42-37(43-35)49-20-38-9-3-11-45(38)18-23(40)17-38/h2,4-5,16,22-25,28,47H,1,3,6-9,11-15,17-20H2/t22-,23-,24+,28-,38+/m1/s1. The molecule has 1 aromatic heterocycles. The second-order valence-electron chi connectivity index (χ2n) is 15.1. The summed E-state index contributed by atoms with van der Waals surface area (Å²) in [5.41, 5.74) is 4.21. The van der Waals surface area contributed by atoms with Crippen LogP contribution in [-0.2, 0) is 11.2 Å². The number of halogens is 2. The minimum atomic E-state index is -1.07. The first-order chi connectivity index (χ1) is 24.2. The Morgan fingerprint density at radius 3 is 2.86 bits per heavy atom. The van der Waals surface area contributed by atoms with Crippen LogP contribution in [0.25, 0.3) is 22.0 Å². The van der Waals surface area contributed by atoms with Crippen LogP contribution in [-0.4, -0.2) is 94.0 Å². The van der Waals surface area contributed by atoms with Gasteiger partial charge in [-0.15, -0.1) is 0 Å². The quantitative estimate of drug-likeness (QED) is 0.289. The molecule has 1 N–H and O–H groups in total. The molecule has 5 atom stereocenters. The molecule has 2 aromatic carbocycles. The first-order valence-corrected chi connectivity index (χ1v) is 17.9. The highest BCUT2D eigenvalue weighted by molar-refractivity contribution is 6.02. The van der Waals surface area contributed by atoms with Crippen molar-refractivity contribution in [2.75, 3.05) is 44.2 Å². The first kappa shape index (κ1) is 31.5. The molecule has 6 aliphatic rings. The number of piperazine rings is 1. The van der Waals surface area contributed by atoms with E-state index < -0.39 is 29.5 Å². The minimum Gasteiger partial charge on any atom is -0.507 e. The predicted molar refractivity (Wildman–Crippen MR) is 182 cm³/mol. The monoisotopic (exact) mass is 682 g/mol. The number of aromatic nitrogens is 2. The summed E-state index contributed by atoms with van der Waals surface area (Å²) in [6.07, 6.45) is 5.21. The molecule has 10 nitrogen and oxygen atoms in total. The lowest BCUT2D eigenvalue weighted by Crippen LogP contribution is -2.55. The van der Waals surface area contributed by atoms with E-state index in [-0.39, 0.29) is 50.5 Å². The number of hydrogen-bond donors (Lipinski definition) is 1. The van der Waals surface area contributed by atoms with Crippen LogP contribution in [0.5, 0.6) is 17.5 Å². The molecule has 2 saturated carbocycles. The van der Waals surface area contributed by atoms with Gasteiger partial charge in [-0.2, -0.15) is 15.2 Å². The number of benzene rings is 2. The third kappa shape index (κ3) is 5.24. The molecule has 0 radical (unpaired) electrons. The Morgan fingerprint density at radius 2 is 2.06 bits per heavy atom. The lowest BCUT2D eigenvalue weighted by Gasteiger charge is -2.41. The highest BCUT2D eigenvalue weighted by atomic mass is 19.1. The lowest BCUT2D eigenvalue weighted by molar-refractivity contribution is -0.131.